The SMILES string of the molecule is Cc1ccc(CNC(=O)C2CCC3CCCCC3N2)cn1. The van der Waals surface area contributed by atoms with Gasteiger partial charge in [-0.3, -0.25) is 9.78 Å². The average molecular weight is 287 g/mol. The lowest BCUT2D eigenvalue weighted by Gasteiger charge is -2.39. The van der Waals surface area contributed by atoms with Gasteiger partial charge in [-0.15, -0.1) is 0 Å². The Balaban J connectivity index is 1.50. The fourth-order valence-corrected chi connectivity index (χ4v) is 3.62. The summed E-state index contributed by atoms with van der Waals surface area (Å²) in [6, 6.07) is 4.55. The first-order valence-corrected chi connectivity index (χ1v) is 8.17. The van der Waals surface area contributed by atoms with Crippen LogP contribution in [0.25, 0.3) is 0 Å². The third-order valence-corrected chi connectivity index (χ3v) is 4.91. The van der Waals surface area contributed by atoms with E-state index in [1.54, 1.807) is 0 Å². The van der Waals surface area contributed by atoms with Crippen LogP contribution >= 0.6 is 0 Å². The number of pyridine rings is 1. The summed E-state index contributed by atoms with van der Waals surface area (Å²) < 4.78 is 0. The lowest BCUT2D eigenvalue weighted by molar-refractivity contribution is -0.124. The number of piperidine rings is 1. The highest BCUT2D eigenvalue weighted by Crippen LogP contribution is 2.32. The number of amides is 1. The van der Waals surface area contributed by atoms with E-state index in [-0.39, 0.29) is 11.9 Å². The fraction of sp³-hybridized carbons (Fsp3) is 0.647. The Bertz CT molecular complexity index is 485. The van der Waals surface area contributed by atoms with Crippen molar-refractivity contribution in [3.05, 3.63) is 29.6 Å². The zero-order valence-electron chi connectivity index (χ0n) is 12.8. The molecule has 1 aromatic rings. The van der Waals surface area contributed by atoms with E-state index in [4.69, 9.17) is 0 Å². The van der Waals surface area contributed by atoms with Gasteiger partial charge in [-0.2, -0.15) is 0 Å². The van der Waals surface area contributed by atoms with Crippen LogP contribution in [0.5, 0.6) is 0 Å². The van der Waals surface area contributed by atoms with Gasteiger partial charge < -0.3 is 10.6 Å². The van der Waals surface area contributed by atoms with Gasteiger partial charge in [-0.1, -0.05) is 18.9 Å². The highest BCUT2D eigenvalue weighted by Gasteiger charge is 2.34. The van der Waals surface area contributed by atoms with E-state index in [9.17, 15) is 4.79 Å². The average Bonchev–Trinajstić information content (AvgIpc) is 2.53. The van der Waals surface area contributed by atoms with Gasteiger partial charge in [-0.05, 0) is 50.2 Å². The summed E-state index contributed by atoms with van der Waals surface area (Å²) in [4.78, 5) is 16.6. The maximum Gasteiger partial charge on any atom is 0.237 e. The Hall–Kier alpha value is -1.42. The molecule has 1 saturated carbocycles. The van der Waals surface area contributed by atoms with Crippen molar-refractivity contribution in [2.75, 3.05) is 0 Å². The molecule has 1 aliphatic carbocycles. The molecule has 4 heteroatoms. The van der Waals surface area contributed by atoms with Crippen molar-refractivity contribution >= 4 is 5.91 Å². The molecule has 1 aromatic heterocycles. The van der Waals surface area contributed by atoms with E-state index in [0.29, 0.717) is 12.6 Å². The van der Waals surface area contributed by atoms with E-state index in [1.165, 1.54) is 32.1 Å². The monoisotopic (exact) mass is 287 g/mol. The predicted molar refractivity (Wildman–Crippen MR) is 82.7 cm³/mol. The number of hydrogen-bond donors (Lipinski definition) is 2. The first kappa shape index (κ1) is 14.5. The number of aromatic nitrogens is 1. The molecule has 2 aliphatic rings. The lowest BCUT2D eigenvalue weighted by Crippen LogP contribution is -2.54. The summed E-state index contributed by atoms with van der Waals surface area (Å²) in [6.45, 7) is 2.54. The molecule has 2 N–H and O–H groups in total. The third-order valence-electron chi connectivity index (χ3n) is 4.91. The van der Waals surface area contributed by atoms with Crippen LogP contribution in [0.4, 0.5) is 0 Å². The van der Waals surface area contributed by atoms with Gasteiger partial charge >= 0.3 is 0 Å². The zero-order valence-corrected chi connectivity index (χ0v) is 12.8. The molecule has 21 heavy (non-hydrogen) atoms. The molecule has 0 aromatic carbocycles. The van der Waals surface area contributed by atoms with E-state index >= 15 is 0 Å². The molecule has 0 radical (unpaired) electrons. The molecular formula is C17H25N3O. The Kier molecular flexibility index (Phi) is 4.54. The number of fused-ring (bicyclic) bond motifs is 1. The second-order valence-corrected chi connectivity index (χ2v) is 6.47. The van der Waals surface area contributed by atoms with Gasteiger partial charge in [0.1, 0.15) is 0 Å². The number of carbonyl (C=O) groups excluding carboxylic acids is 1. The predicted octanol–water partition coefficient (Wildman–Crippen LogP) is 2.32. The van der Waals surface area contributed by atoms with Gasteiger partial charge in [0.15, 0.2) is 0 Å². The summed E-state index contributed by atoms with van der Waals surface area (Å²) in [6.07, 6.45) is 9.23. The summed E-state index contributed by atoms with van der Waals surface area (Å²) in [7, 11) is 0. The second kappa shape index (κ2) is 6.56. The third kappa shape index (κ3) is 3.62. The van der Waals surface area contributed by atoms with Crippen LogP contribution < -0.4 is 10.6 Å². The smallest absolute Gasteiger partial charge is 0.237 e. The molecule has 0 spiro atoms. The van der Waals surface area contributed by atoms with Crippen LogP contribution in [0, 0.1) is 12.8 Å². The van der Waals surface area contributed by atoms with Gasteiger partial charge in [-0.25, -0.2) is 0 Å². The maximum absolute atomic E-state index is 12.3. The highest BCUT2D eigenvalue weighted by molar-refractivity contribution is 5.81. The second-order valence-electron chi connectivity index (χ2n) is 6.47. The zero-order chi connectivity index (χ0) is 14.7. The Labute approximate surface area is 126 Å². The molecule has 2 fully saturated rings. The highest BCUT2D eigenvalue weighted by atomic mass is 16.2. The molecule has 3 atom stereocenters. The van der Waals surface area contributed by atoms with E-state index < -0.39 is 0 Å². The number of rotatable bonds is 3. The molecule has 3 rings (SSSR count). The normalized spacial score (nSPS) is 28.7. The van der Waals surface area contributed by atoms with Crippen LogP contribution in [0.3, 0.4) is 0 Å². The van der Waals surface area contributed by atoms with E-state index in [2.05, 4.69) is 15.6 Å². The van der Waals surface area contributed by atoms with Gasteiger partial charge in [0.05, 0.1) is 6.04 Å². The minimum absolute atomic E-state index is 0.0113. The van der Waals surface area contributed by atoms with Gasteiger partial charge in [0.2, 0.25) is 5.91 Å². The number of hydrogen-bond acceptors (Lipinski definition) is 3. The fourth-order valence-electron chi connectivity index (χ4n) is 3.62. The van der Waals surface area contributed by atoms with Crippen LogP contribution in [0.1, 0.15) is 49.8 Å². The van der Waals surface area contributed by atoms with Crippen molar-refractivity contribution in [3.63, 3.8) is 0 Å². The largest absolute Gasteiger partial charge is 0.351 e. The van der Waals surface area contributed by atoms with Crippen molar-refractivity contribution in [1.82, 2.24) is 15.6 Å². The van der Waals surface area contributed by atoms with E-state index in [1.807, 2.05) is 25.3 Å². The molecule has 3 unspecified atom stereocenters. The molecule has 1 saturated heterocycles. The molecule has 0 bridgehead atoms. The van der Waals surface area contributed by atoms with Crippen LogP contribution in [-0.4, -0.2) is 23.0 Å². The quantitative estimate of drug-likeness (QED) is 0.897. The van der Waals surface area contributed by atoms with Gasteiger partial charge in [0.25, 0.3) is 0 Å². The number of carbonyl (C=O) groups is 1. The summed E-state index contributed by atoms with van der Waals surface area (Å²) in [5.41, 5.74) is 2.06. The number of nitrogens with zero attached hydrogens (tertiary/aromatic N) is 1. The Morgan fingerprint density at radius 1 is 1.29 bits per heavy atom. The van der Waals surface area contributed by atoms with E-state index in [0.717, 1.165) is 23.6 Å². The molecular weight excluding hydrogens is 262 g/mol. The van der Waals surface area contributed by atoms with Crippen molar-refractivity contribution in [2.24, 2.45) is 5.92 Å². The van der Waals surface area contributed by atoms with Crippen LogP contribution in [-0.2, 0) is 11.3 Å². The molecule has 4 nitrogen and oxygen atoms in total. The lowest BCUT2D eigenvalue weighted by atomic mass is 9.77. The first-order chi connectivity index (χ1) is 10.2. The summed E-state index contributed by atoms with van der Waals surface area (Å²) in [5.74, 6) is 0.934. The minimum atomic E-state index is -0.0113. The number of aryl methyl sites for hydroxylation is 1. The topological polar surface area (TPSA) is 54.0 Å². The minimum Gasteiger partial charge on any atom is -0.351 e. The molecule has 1 aliphatic heterocycles. The Morgan fingerprint density at radius 2 is 2.14 bits per heavy atom. The van der Waals surface area contributed by atoms with Crippen molar-refractivity contribution in [3.8, 4) is 0 Å². The van der Waals surface area contributed by atoms with Crippen molar-refractivity contribution < 1.29 is 4.79 Å². The van der Waals surface area contributed by atoms with Crippen LogP contribution in [0.15, 0.2) is 18.3 Å². The molecule has 114 valence electrons. The van der Waals surface area contributed by atoms with Crippen molar-refractivity contribution in [1.29, 1.82) is 0 Å². The maximum atomic E-state index is 12.3. The molecule has 1 amide bonds. The summed E-state index contributed by atoms with van der Waals surface area (Å²) >= 11 is 0. The standard InChI is InChI=1S/C17H25N3O/c1-12-6-7-13(10-18-12)11-19-17(21)16-9-8-14-4-2-3-5-15(14)20-16/h6-7,10,14-16,20H,2-5,8-9,11H2,1H3,(H,19,21). The molecule has 2 heterocycles. The number of nitrogens with one attached hydrogen (secondary N) is 2. The van der Waals surface area contributed by atoms with Crippen LogP contribution in [0.2, 0.25) is 0 Å². The Morgan fingerprint density at radius 3 is 2.95 bits per heavy atom. The summed E-state index contributed by atoms with van der Waals surface area (Å²) in [5, 5.41) is 6.62. The van der Waals surface area contributed by atoms with Gasteiger partial charge in [0, 0.05) is 24.5 Å². The first-order valence-electron chi connectivity index (χ1n) is 8.17. The van der Waals surface area contributed by atoms with Crippen molar-refractivity contribution in [2.45, 2.75) is 64.1 Å².